The van der Waals surface area contributed by atoms with Crippen LogP contribution in [0.25, 0.3) is 0 Å². The van der Waals surface area contributed by atoms with E-state index in [0.29, 0.717) is 0 Å². The number of rotatable bonds is 9. The predicted molar refractivity (Wildman–Crippen MR) is 116 cm³/mol. The molecule has 1 amide bonds. The minimum atomic E-state index is -3.94. The Morgan fingerprint density at radius 3 is 2.54 bits per heavy atom. The number of nitrogens with one attached hydrogen (secondary N) is 2. The van der Waals surface area contributed by atoms with Gasteiger partial charge >= 0.3 is 0 Å². The van der Waals surface area contributed by atoms with Crippen LogP contribution < -0.4 is 10.0 Å². The van der Waals surface area contributed by atoms with Crippen molar-refractivity contribution < 1.29 is 13.2 Å². The van der Waals surface area contributed by atoms with Crippen molar-refractivity contribution in [3.63, 3.8) is 0 Å². The lowest BCUT2D eigenvalue weighted by Gasteiger charge is -2.10. The molecule has 0 unspecified atom stereocenters. The average Bonchev–Trinajstić information content (AvgIpc) is 2.66. The van der Waals surface area contributed by atoms with E-state index in [0.717, 1.165) is 18.0 Å². The van der Waals surface area contributed by atoms with Gasteiger partial charge in [0.05, 0.1) is 11.9 Å². The number of carbonyl (C=O) groups excluding carboxylic acids is 1. The number of aromatic nitrogens is 1. The van der Waals surface area contributed by atoms with Crippen LogP contribution in [-0.4, -0.2) is 24.4 Å². The van der Waals surface area contributed by atoms with Gasteiger partial charge in [-0.3, -0.25) is 14.5 Å². The number of nitrogens with zero attached hydrogens (tertiary/aromatic N) is 2. The number of sulfonamides is 1. The Morgan fingerprint density at radius 2 is 1.93 bits per heavy atom. The Kier molecular flexibility index (Phi) is 9.41. The second kappa shape index (κ2) is 11.5. The third kappa shape index (κ3) is 7.22. The van der Waals surface area contributed by atoms with Crippen molar-refractivity contribution in [2.45, 2.75) is 4.90 Å². The molecule has 0 atom stereocenters. The van der Waals surface area contributed by atoms with Crippen molar-refractivity contribution in [2.75, 3.05) is 5.32 Å². The standard InChI is InChI=1S/C19H20N4O3S2/c1-5-9-11-15(10-6-2)23-28(25,26)17-12-16(13-20-14-17)22-18(24)19(21-7-3)27-8-4/h5-14,23H,1-4H2,(H,22,24)/b11-9-,15-10+,21-19-. The third-order valence-corrected chi connectivity index (χ3v) is 4.87. The Bertz CT molecular complexity index is 961. The van der Waals surface area contributed by atoms with Gasteiger partial charge in [-0.25, -0.2) is 13.4 Å². The van der Waals surface area contributed by atoms with E-state index < -0.39 is 15.9 Å². The fraction of sp³-hybridized carbons (Fsp3) is 0. The molecule has 7 nitrogen and oxygen atoms in total. The molecule has 0 saturated carbocycles. The zero-order chi connectivity index (χ0) is 21.0. The summed E-state index contributed by atoms with van der Waals surface area (Å²) in [6, 6.07) is 1.28. The topological polar surface area (TPSA) is 101 Å². The average molecular weight is 417 g/mol. The maximum absolute atomic E-state index is 12.6. The third-order valence-electron chi connectivity index (χ3n) is 2.84. The van der Waals surface area contributed by atoms with Gasteiger partial charge in [0.25, 0.3) is 15.9 Å². The molecule has 0 spiro atoms. The summed E-state index contributed by atoms with van der Waals surface area (Å²) in [6.45, 7) is 14.1. The van der Waals surface area contributed by atoms with Crippen molar-refractivity contribution in [3.05, 3.63) is 92.5 Å². The number of pyridine rings is 1. The highest BCUT2D eigenvalue weighted by atomic mass is 32.2. The molecule has 9 heteroatoms. The van der Waals surface area contributed by atoms with Gasteiger partial charge < -0.3 is 5.32 Å². The van der Waals surface area contributed by atoms with Crippen molar-refractivity contribution in [1.82, 2.24) is 9.71 Å². The van der Waals surface area contributed by atoms with Crippen molar-refractivity contribution in [3.8, 4) is 0 Å². The maximum Gasteiger partial charge on any atom is 0.281 e. The van der Waals surface area contributed by atoms with Crippen LogP contribution in [0.3, 0.4) is 0 Å². The van der Waals surface area contributed by atoms with E-state index in [2.05, 4.69) is 46.3 Å². The zero-order valence-corrected chi connectivity index (χ0v) is 16.7. The monoisotopic (exact) mass is 416 g/mol. The molecule has 0 aliphatic rings. The maximum atomic E-state index is 12.6. The SMILES string of the molecule is C=C/C=C\C(=C/C=C)NS(=O)(=O)c1cncc(NC(=O)/C(=N/C=C)SC=C)c1. The van der Waals surface area contributed by atoms with E-state index in [1.165, 1.54) is 48.2 Å². The van der Waals surface area contributed by atoms with Gasteiger partial charge in [-0.1, -0.05) is 56.3 Å². The first-order valence-corrected chi connectivity index (χ1v) is 10.1. The molecule has 1 heterocycles. The van der Waals surface area contributed by atoms with E-state index >= 15 is 0 Å². The number of thioether (sulfide) groups is 1. The lowest BCUT2D eigenvalue weighted by molar-refractivity contribution is -0.110. The molecule has 28 heavy (non-hydrogen) atoms. The van der Waals surface area contributed by atoms with Crippen LogP contribution in [0.1, 0.15) is 0 Å². The molecule has 0 aromatic carbocycles. The molecule has 0 saturated heterocycles. The molecule has 0 aliphatic heterocycles. The lowest BCUT2D eigenvalue weighted by Crippen LogP contribution is -2.23. The smallest absolute Gasteiger partial charge is 0.281 e. The molecule has 0 fully saturated rings. The summed E-state index contributed by atoms with van der Waals surface area (Å²) in [5.41, 5.74) is 0.470. The van der Waals surface area contributed by atoms with Crippen molar-refractivity contribution in [1.29, 1.82) is 0 Å². The highest BCUT2D eigenvalue weighted by molar-refractivity contribution is 8.18. The van der Waals surface area contributed by atoms with E-state index in [1.807, 2.05) is 0 Å². The molecule has 1 aromatic rings. The van der Waals surface area contributed by atoms with Crippen molar-refractivity contribution >= 4 is 38.4 Å². The molecular formula is C19H20N4O3S2. The zero-order valence-electron chi connectivity index (χ0n) is 15.0. The fourth-order valence-corrected chi connectivity index (χ4v) is 3.26. The number of hydrogen-bond acceptors (Lipinski definition) is 6. The van der Waals surface area contributed by atoms with Gasteiger partial charge in [0.1, 0.15) is 4.90 Å². The van der Waals surface area contributed by atoms with Crippen LogP contribution in [0.2, 0.25) is 0 Å². The summed E-state index contributed by atoms with van der Waals surface area (Å²) < 4.78 is 27.6. The number of hydrogen-bond donors (Lipinski definition) is 2. The molecule has 0 bridgehead atoms. The van der Waals surface area contributed by atoms with E-state index in [4.69, 9.17) is 0 Å². The number of allylic oxidation sites excluding steroid dienone is 5. The molecule has 0 radical (unpaired) electrons. The quantitative estimate of drug-likeness (QED) is 0.364. The van der Waals surface area contributed by atoms with E-state index in [-0.39, 0.29) is 21.3 Å². The van der Waals surface area contributed by atoms with Crippen LogP contribution in [0.15, 0.2) is 102 Å². The summed E-state index contributed by atoms with van der Waals surface area (Å²) in [5.74, 6) is -0.546. The van der Waals surface area contributed by atoms with Crippen LogP contribution in [-0.2, 0) is 14.8 Å². The number of anilines is 1. The Balaban J connectivity index is 3.11. The predicted octanol–water partition coefficient (Wildman–Crippen LogP) is 3.53. The summed E-state index contributed by atoms with van der Waals surface area (Å²) in [4.78, 5) is 19.8. The number of carbonyl (C=O) groups is 1. The van der Waals surface area contributed by atoms with Crippen LogP contribution >= 0.6 is 11.8 Å². The van der Waals surface area contributed by atoms with Crippen LogP contribution in [0.4, 0.5) is 5.69 Å². The van der Waals surface area contributed by atoms with Gasteiger partial charge in [0.15, 0.2) is 5.04 Å². The summed E-state index contributed by atoms with van der Waals surface area (Å²) in [7, 11) is -3.94. The highest BCUT2D eigenvalue weighted by Crippen LogP contribution is 2.16. The molecular weight excluding hydrogens is 396 g/mol. The Labute approximate surface area is 169 Å². The Hall–Kier alpha value is -3.17. The first-order chi connectivity index (χ1) is 13.4. The van der Waals surface area contributed by atoms with Gasteiger partial charge in [0.2, 0.25) is 0 Å². The Morgan fingerprint density at radius 1 is 1.18 bits per heavy atom. The van der Waals surface area contributed by atoms with Crippen molar-refractivity contribution in [2.24, 2.45) is 4.99 Å². The van der Waals surface area contributed by atoms with Gasteiger partial charge in [-0.15, -0.1) is 0 Å². The van der Waals surface area contributed by atoms with E-state index in [1.54, 1.807) is 6.08 Å². The molecule has 2 N–H and O–H groups in total. The fourth-order valence-electron chi connectivity index (χ4n) is 1.76. The molecule has 0 aliphatic carbocycles. The number of aliphatic imine (C=N–C) groups is 1. The highest BCUT2D eigenvalue weighted by Gasteiger charge is 2.17. The van der Waals surface area contributed by atoms with Crippen LogP contribution in [0.5, 0.6) is 0 Å². The minimum absolute atomic E-state index is 0.0992. The summed E-state index contributed by atoms with van der Waals surface area (Å²) in [5, 5.41) is 4.08. The van der Waals surface area contributed by atoms with Gasteiger partial charge in [-0.05, 0) is 23.6 Å². The van der Waals surface area contributed by atoms with Gasteiger partial charge in [-0.2, -0.15) is 0 Å². The normalized spacial score (nSPS) is 12.3. The second-order valence-electron chi connectivity index (χ2n) is 4.82. The largest absolute Gasteiger partial charge is 0.319 e. The lowest BCUT2D eigenvalue weighted by atomic mass is 10.3. The van der Waals surface area contributed by atoms with Gasteiger partial charge in [0, 0.05) is 18.1 Å². The van der Waals surface area contributed by atoms with Crippen LogP contribution in [0, 0.1) is 0 Å². The molecule has 146 valence electrons. The summed E-state index contributed by atoms with van der Waals surface area (Å²) in [6.07, 6.45) is 11.2. The first-order valence-electron chi connectivity index (χ1n) is 7.75. The molecule has 1 rings (SSSR count). The second-order valence-corrected chi connectivity index (χ2v) is 7.46. The minimum Gasteiger partial charge on any atom is -0.319 e. The number of amides is 1. The first kappa shape index (κ1) is 22.9. The summed E-state index contributed by atoms with van der Waals surface area (Å²) >= 11 is 1.01. The molecule has 1 aromatic heterocycles. The van der Waals surface area contributed by atoms with E-state index in [9.17, 15) is 13.2 Å².